The third kappa shape index (κ3) is 5.37. The molecule has 6 heteroatoms. The van der Waals surface area contributed by atoms with Crippen LogP contribution >= 0.6 is 11.6 Å². The molecule has 0 aliphatic carbocycles. The normalized spacial score (nSPS) is 16.2. The lowest BCUT2D eigenvalue weighted by Gasteiger charge is -2.36. The number of ether oxygens (including phenoxy) is 1. The van der Waals surface area contributed by atoms with Crippen molar-refractivity contribution in [2.24, 2.45) is 5.92 Å². The number of rotatable bonds is 6. The van der Waals surface area contributed by atoms with Crippen molar-refractivity contribution in [3.05, 3.63) is 82.9 Å². The zero-order valence-electron chi connectivity index (χ0n) is 19.0. The summed E-state index contributed by atoms with van der Waals surface area (Å²) < 4.78 is 5.99. The van der Waals surface area contributed by atoms with E-state index in [4.69, 9.17) is 16.3 Å². The lowest BCUT2D eigenvalue weighted by atomic mass is 10.0. The van der Waals surface area contributed by atoms with Crippen molar-refractivity contribution < 1.29 is 14.3 Å². The average molecular weight is 465 g/mol. The quantitative estimate of drug-likeness (QED) is 0.508. The molecule has 1 unspecified atom stereocenters. The molecule has 1 fully saturated rings. The predicted molar refractivity (Wildman–Crippen MR) is 132 cm³/mol. The van der Waals surface area contributed by atoms with Crippen LogP contribution in [0.25, 0.3) is 10.8 Å². The largest absolute Gasteiger partial charge is 0.373 e. The second kappa shape index (κ2) is 10.4. The Hall–Kier alpha value is -2.89. The maximum Gasteiger partial charge on any atom is 0.255 e. The Kier molecular flexibility index (Phi) is 7.31. The number of carbonyl (C=O) groups excluding carboxylic acids is 2. The van der Waals surface area contributed by atoms with Crippen LogP contribution in [0.3, 0.4) is 0 Å². The first kappa shape index (κ1) is 23.3. The number of hydrogen-bond acceptors (Lipinski definition) is 3. The molecule has 1 aliphatic heterocycles. The van der Waals surface area contributed by atoms with Crippen molar-refractivity contribution >= 4 is 34.2 Å². The molecular formula is C27H29ClN2O3. The SMILES string of the molecule is CC(C)CN(CC1CN(C(=O)c2ccccc2Cl)CCO1)C(=O)c1cccc2ccccc12. The van der Waals surface area contributed by atoms with Gasteiger partial charge in [0.15, 0.2) is 0 Å². The van der Waals surface area contributed by atoms with Crippen molar-refractivity contribution in [3.8, 4) is 0 Å². The summed E-state index contributed by atoms with van der Waals surface area (Å²) >= 11 is 6.24. The van der Waals surface area contributed by atoms with Crippen molar-refractivity contribution in [2.75, 3.05) is 32.8 Å². The molecule has 0 aromatic heterocycles. The minimum atomic E-state index is -0.261. The number of amides is 2. The Labute approximate surface area is 199 Å². The first-order chi connectivity index (χ1) is 15.9. The lowest BCUT2D eigenvalue weighted by Crippen LogP contribution is -2.51. The second-order valence-corrected chi connectivity index (χ2v) is 9.26. The van der Waals surface area contributed by atoms with Gasteiger partial charge >= 0.3 is 0 Å². The third-order valence-corrected chi connectivity index (χ3v) is 6.18. The summed E-state index contributed by atoms with van der Waals surface area (Å²) in [6.07, 6.45) is -0.261. The minimum absolute atomic E-state index is 0.0151. The van der Waals surface area contributed by atoms with E-state index in [-0.39, 0.29) is 17.9 Å². The fourth-order valence-corrected chi connectivity index (χ4v) is 4.55. The van der Waals surface area contributed by atoms with Gasteiger partial charge in [0, 0.05) is 31.7 Å². The first-order valence-electron chi connectivity index (χ1n) is 11.4. The van der Waals surface area contributed by atoms with Gasteiger partial charge in [0.05, 0.1) is 23.3 Å². The zero-order valence-corrected chi connectivity index (χ0v) is 19.8. The van der Waals surface area contributed by atoms with E-state index >= 15 is 0 Å². The highest BCUT2D eigenvalue weighted by molar-refractivity contribution is 6.33. The van der Waals surface area contributed by atoms with Gasteiger partial charge in [0.25, 0.3) is 11.8 Å². The van der Waals surface area contributed by atoms with Crippen LogP contribution in [0.2, 0.25) is 5.02 Å². The van der Waals surface area contributed by atoms with Gasteiger partial charge in [-0.05, 0) is 34.9 Å². The van der Waals surface area contributed by atoms with Gasteiger partial charge in [-0.2, -0.15) is 0 Å². The highest BCUT2D eigenvalue weighted by Gasteiger charge is 2.29. The fourth-order valence-electron chi connectivity index (χ4n) is 4.33. The summed E-state index contributed by atoms with van der Waals surface area (Å²) in [6, 6.07) is 20.8. The molecule has 0 spiro atoms. The Morgan fingerprint density at radius 1 is 1.03 bits per heavy atom. The molecule has 0 saturated carbocycles. The van der Waals surface area contributed by atoms with Gasteiger partial charge < -0.3 is 14.5 Å². The molecule has 0 radical (unpaired) electrons. The molecule has 3 aromatic rings. The Balaban J connectivity index is 1.53. The number of morpholine rings is 1. The number of nitrogens with zero attached hydrogens (tertiary/aromatic N) is 2. The van der Waals surface area contributed by atoms with Crippen LogP contribution in [-0.2, 0) is 4.74 Å². The monoisotopic (exact) mass is 464 g/mol. The summed E-state index contributed by atoms with van der Waals surface area (Å²) in [5, 5.41) is 2.43. The molecule has 1 saturated heterocycles. The van der Waals surface area contributed by atoms with E-state index in [1.54, 1.807) is 17.0 Å². The lowest BCUT2D eigenvalue weighted by molar-refractivity contribution is -0.0339. The molecule has 1 heterocycles. The summed E-state index contributed by atoms with van der Waals surface area (Å²) in [5.41, 5.74) is 1.18. The second-order valence-electron chi connectivity index (χ2n) is 8.85. The van der Waals surface area contributed by atoms with E-state index in [0.717, 1.165) is 10.8 Å². The van der Waals surface area contributed by atoms with Crippen molar-refractivity contribution in [1.29, 1.82) is 0 Å². The molecule has 3 aromatic carbocycles. The molecule has 2 amide bonds. The summed E-state index contributed by atoms with van der Waals surface area (Å²) in [5.74, 6) is 0.178. The van der Waals surface area contributed by atoms with Gasteiger partial charge in [0.1, 0.15) is 0 Å². The Morgan fingerprint density at radius 2 is 1.73 bits per heavy atom. The molecule has 0 N–H and O–H groups in total. The van der Waals surface area contributed by atoms with Crippen molar-refractivity contribution in [2.45, 2.75) is 20.0 Å². The molecule has 172 valence electrons. The zero-order chi connectivity index (χ0) is 23.4. The highest BCUT2D eigenvalue weighted by atomic mass is 35.5. The van der Waals surface area contributed by atoms with E-state index in [9.17, 15) is 9.59 Å². The Bertz CT molecular complexity index is 1140. The van der Waals surface area contributed by atoms with Gasteiger partial charge in [-0.15, -0.1) is 0 Å². The van der Waals surface area contributed by atoms with Gasteiger partial charge in [0.2, 0.25) is 0 Å². The number of hydrogen-bond donors (Lipinski definition) is 0. The topological polar surface area (TPSA) is 49.9 Å². The van der Waals surface area contributed by atoms with Crippen molar-refractivity contribution in [3.63, 3.8) is 0 Å². The Morgan fingerprint density at radius 3 is 2.52 bits per heavy atom. The van der Waals surface area contributed by atoms with Crippen LogP contribution in [0.15, 0.2) is 66.7 Å². The summed E-state index contributed by atoms with van der Waals surface area (Å²) in [6.45, 7) is 6.58. The first-order valence-corrected chi connectivity index (χ1v) is 11.7. The van der Waals surface area contributed by atoms with Crippen LogP contribution in [0.5, 0.6) is 0 Å². The number of benzene rings is 3. The van der Waals surface area contributed by atoms with E-state index in [1.165, 1.54) is 0 Å². The molecule has 33 heavy (non-hydrogen) atoms. The van der Waals surface area contributed by atoms with Crippen molar-refractivity contribution in [1.82, 2.24) is 9.80 Å². The van der Waals surface area contributed by atoms with E-state index < -0.39 is 0 Å². The maximum absolute atomic E-state index is 13.6. The predicted octanol–water partition coefficient (Wildman–Crippen LogP) is 5.13. The summed E-state index contributed by atoms with van der Waals surface area (Å²) in [4.78, 5) is 30.3. The molecule has 1 atom stereocenters. The fraction of sp³-hybridized carbons (Fsp3) is 0.333. The number of fused-ring (bicyclic) bond motifs is 1. The van der Waals surface area contributed by atoms with E-state index in [2.05, 4.69) is 13.8 Å². The molecule has 4 rings (SSSR count). The van der Waals surface area contributed by atoms with Gasteiger partial charge in [-0.25, -0.2) is 0 Å². The molecular weight excluding hydrogens is 436 g/mol. The maximum atomic E-state index is 13.6. The molecule has 1 aliphatic rings. The van der Waals surface area contributed by atoms with E-state index in [1.807, 2.05) is 59.5 Å². The smallest absolute Gasteiger partial charge is 0.255 e. The van der Waals surface area contributed by atoms with Crippen LogP contribution < -0.4 is 0 Å². The highest BCUT2D eigenvalue weighted by Crippen LogP contribution is 2.22. The van der Waals surface area contributed by atoms with Crippen LogP contribution in [-0.4, -0.2) is 60.5 Å². The molecule has 0 bridgehead atoms. The van der Waals surface area contributed by atoms with Crippen LogP contribution in [0.4, 0.5) is 0 Å². The van der Waals surface area contributed by atoms with Gasteiger partial charge in [-0.3, -0.25) is 9.59 Å². The third-order valence-electron chi connectivity index (χ3n) is 5.85. The van der Waals surface area contributed by atoms with E-state index in [0.29, 0.717) is 54.9 Å². The van der Waals surface area contributed by atoms with Gasteiger partial charge in [-0.1, -0.05) is 74.0 Å². The van der Waals surface area contributed by atoms with Crippen LogP contribution in [0.1, 0.15) is 34.6 Å². The number of carbonyl (C=O) groups is 2. The minimum Gasteiger partial charge on any atom is -0.373 e. The number of halogens is 1. The van der Waals surface area contributed by atoms with Crippen LogP contribution in [0, 0.1) is 5.92 Å². The summed E-state index contributed by atoms with van der Waals surface area (Å²) in [7, 11) is 0. The molecule has 5 nitrogen and oxygen atoms in total. The standard InChI is InChI=1S/C27H29ClN2O3/c1-19(2)16-30(26(31)23-12-7-9-20-8-3-4-10-22(20)23)18-21-17-29(14-15-33-21)27(32)24-11-5-6-13-25(24)28/h3-13,19,21H,14-18H2,1-2H3. The average Bonchev–Trinajstić information content (AvgIpc) is 2.82.